The Bertz CT molecular complexity index is 783. The molecular formula is C19H17FN2OS. The molecule has 122 valence electrons. The Balaban J connectivity index is 1.51. The summed E-state index contributed by atoms with van der Waals surface area (Å²) < 4.78 is 12.9. The number of carbonyl (C=O) groups is 1. The summed E-state index contributed by atoms with van der Waals surface area (Å²) in [6, 6.07) is 17.8. The fourth-order valence-corrected chi connectivity index (χ4v) is 2.96. The molecule has 5 heteroatoms. The number of rotatable bonds is 6. The molecule has 3 nitrogen and oxygen atoms in total. The van der Waals surface area contributed by atoms with E-state index in [0.717, 1.165) is 21.8 Å². The maximum Gasteiger partial charge on any atom is 0.229 e. The van der Waals surface area contributed by atoms with Gasteiger partial charge in [-0.05, 0) is 53.4 Å². The fraction of sp³-hybridized carbons (Fsp3) is 0.105. The van der Waals surface area contributed by atoms with Crippen molar-refractivity contribution in [3.63, 3.8) is 0 Å². The third-order valence-electron chi connectivity index (χ3n) is 3.49. The van der Waals surface area contributed by atoms with Crippen LogP contribution >= 0.6 is 11.3 Å². The maximum atomic E-state index is 12.9. The van der Waals surface area contributed by atoms with Crippen molar-refractivity contribution in [1.29, 1.82) is 0 Å². The van der Waals surface area contributed by atoms with E-state index in [1.165, 1.54) is 12.1 Å². The van der Waals surface area contributed by atoms with Gasteiger partial charge in [-0.3, -0.25) is 4.79 Å². The zero-order valence-corrected chi connectivity index (χ0v) is 13.8. The van der Waals surface area contributed by atoms with E-state index >= 15 is 0 Å². The molecule has 0 bridgehead atoms. The number of hydrogen-bond acceptors (Lipinski definition) is 3. The molecule has 2 N–H and O–H groups in total. The van der Waals surface area contributed by atoms with E-state index in [9.17, 15) is 9.18 Å². The number of thiophene rings is 1. The molecule has 0 spiro atoms. The smallest absolute Gasteiger partial charge is 0.229 e. The van der Waals surface area contributed by atoms with Crippen LogP contribution in [-0.4, -0.2) is 5.91 Å². The first-order valence-electron chi connectivity index (χ1n) is 7.60. The summed E-state index contributed by atoms with van der Waals surface area (Å²) in [7, 11) is 0. The Kier molecular flexibility index (Phi) is 5.23. The van der Waals surface area contributed by atoms with Crippen LogP contribution in [0.2, 0.25) is 0 Å². The van der Waals surface area contributed by atoms with Gasteiger partial charge in [0, 0.05) is 22.8 Å². The van der Waals surface area contributed by atoms with Crippen molar-refractivity contribution < 1.29 is 9.18 Å². The lowest BCUT2D eigenvalue weighted by atomic mass is 10.2. The van der Waals surface area contributed by atoms with Crippen molar-refractivity contribution in [2.75, 3.05) is 10.6 Å². The Morgan fingerprint density at radius 1 is 0.958 bits per heavy atom. The molecular weight excluding hydrogens is 323 g/mol. The molecule has 3 aromatic rings. The molecule has 2 aromatic carbocycles. The third kappa shape index (κ3) is 4.67. The van der Waals surface area contributed by atoms with E-state index in [0.29, 0.717) is 13.0 Å². The van der Waals surface area contributed by atoms with Crippen LogP contribution in [-0.2, 0) is 17.8 Å². The molecule has 0 aliphatic heterocycles. The van der Waals surface area contributed by atoms with Crippen molar-refractivity contribution in [2.45, 2.75) is 13.0 Å². The van der Waals surface area contributed by atoms with Crippen LogP contribution in [0.3, 0.4) is 0 Å². The minimum Gasteiger partial charge on any atom is -0.381 e. The van der Waals surface area contributed by atoms with E-state index in [4.69, 9.17) is 0 Å². The summed E-state index contributed by atoms with van der Waals surface area (Å²) in [6.07, 6.45) is 0.391. The normalized spacial score (nSPS) is 10.4. The number of carbonyl (C=O) groups excluding carboxylic acids is 1. The topological polar surface area (TPSA) is 41.1 Å². The lowest BCUT2D eigenvalue weighted by Gasteiger charge is -2.09. The minimum atomic E-state index is -0.235. The van der Waals surface area contributed by atoms with Crippen LogP contribution in [0.1, 0.15) is 10.4 Å². The second-order valence-electron chi connectivity index (χ2n) is 5.36. The van der Waals surface area contributed by atoms with Gasteiger partial charge in [0.05, 0.1) is 6.42 Å². The zero-order valence-electron chi connectivity index (χ0n) is 13.0. The van der Waals surface area contributed by atoms with Crippen molar-refractivity contribution in [3.8, 4) is 0 Å². The zero-order chi connectivity index (χ0) is 16.8. The highest BCUT2D eigenvalue weighted by atomic mass is 32.1. The second kappa shape index (κ2) is 7.75. The van der Waals surface area contributed by atoms with Crippen LogP contribution in [0.4, 0.5) is 15.8 Å². The first-order valence-corrected chi connectivity index (χ1v) is 8.47. The van der Waals surface area contributed by atoms with Crippen LogP contribution in [0.5, 0.6) is 0 Å². The van der Waals surface area contributed by atoms with Crippen molar-refractivity contribution in [1.82, 2.24) is 0 Å². The van der Waals surface area contributed by atoms with Crippen LogP contribution < -0.4 is 10.6 Å². The lowest BCUT2D eigenvalue weighted by Crippen LogP contribution is -2.13. The minimum absolute atomic E-state index is 0.0236. The molecule has 0 aliphatic carbocycles. The van der Waals surface area contributed by atoms with E-state index in [1.807, 2.05) is 41.8 Å². The van der Waals surface area contributed by atoms with Gasteiger partial charge in [-0.2, -0.15) is 0 Å². The van der Waals surface area contributed by atoms with E-state index in [-0.39, 0.29) is 11.7 Å². The molecule has 0 fully saturated rings. The molecule has 24 heavy (non-hydrogen) atoms. The van der Waals surface area contributed by atoms with Gasteiger partial charge in [0.25, 0.3) is 0 Å². The molecule has 1 amide bonds. The Morgan fingerprint density at radius 3 is 2.33 bits per heavy atom. The number of amides is 1. The monoisotopic (exact) mass is 340 g/mol. The highest BCUT2D eigenvalue weighted by molar-refractivity contribution is 7.10. The van der Waals surface area contributed by atoms with Crippen LogP contribution in [0, 0.1) is 5.82 Å². The SMILES string of the molecule is O=C(Cc1cccs1)Nc1ccc(NCc2ccc(F)cc2)cc1. The van der Waals surface area contributed by atoms with E-state index in [1.54, 1.807) is 23.5 Å². The van der Waals surface area contributed by atoms with E-state index in [2.05, 4.69) is 10.6 Å². The highest BCUT2D eigenvalue weighted by Crippen LogP contribution is 2.16. The summed E-state index contributed by atoms with van der Waals surface area (Å²) in [5.74, 6) is -0.258. The Hall–Kier alpha value is -2.66. The van der Waals surface area contributed by atoms with Crippen molar-refractivity contribution >= 4 is 28.6 Å². The molecule has 0 saturated heterocycles. The maximum absolute atomic E-state index is 12.9. The highest BCUT2D eigenvalue weighted by Gasteiger charge is 2.05. The van der Waals surface area contributed by atoms with Gasteiger partial charge in [0.2, 0.25) is 5.91 Å². The van der Waals surface area contributed by atoms with Crippen molar-refractivity contribution in [3.05, 3.63) is 82.3 Å². The molecule has 0 atom stereocenters. The predicted molar refractivity (Wildman–Crippen MR) is 96.8 cm³/mol. The van der Waals surface area contributed by atoms with E-state index < -0.39 is 0 Å². The van der Waals surface area contributed by atoms with Crippen molar-refractivity contribution in [2.24, 2.45) is 0 Å². The van der Waals surface area contributed by atoms with Gasteiger partial charge in [-0.1, -0.05) is 18.2 Å². The second-order valence-corrected chi connectivity index (χ2v) is 6.39. The first kappa shape index (κ1) is 16.2. The molecule has 0 unspecified atom stereocenters. The van der Waals surface area contributed by atoms with Gasteiger partial charge >= 0.3 is 0 Å². The summed E-state index contributed by atoms with van der Waals surface area (Å²) >= 11 is 1.58. The molecule has 1 aromatic heterocycles. The average Bonchev–Trinajstić information content (AvgIpc) is 3.08. The number of hydrogen-bond donors (Lipinski definition) is 2. The predicted octanol–water partition coefficient (Wildman–Crippen LogP) is 4.68. The molecule has 0 saturated carbocycles. The lowest BCUT2D eigenvalue weighted by molar-refractivity contribution is -0.115. The van der Waals surface area contributed by atoms with Gasteiger partial charge in [0.1, 0.15) is 5.82 Å². The number of anilines is 2. The fourth-order valence-electron chi connectivity index (χ4n) is 2.25. The average molecular weight is 340 g/mol. The standard InChI is InChI=1S/C19H17FN2OS/c20-15-5-3-14(4-6-15)13-21-16-7-9-17(10-8-16)22-19(23)12-18-2-1-11-24-18/h1-11,21H,12-13H2,(H,22,23). The summed E-state index contributed by atoms with van der Waals surface area (Å²) in [4.78, 5) is 13.0. The number of benzene rings is 2. The Morgan fingerprint density at radius 2 is 1.67 bits per heavy atom. The number of nitrogens with one attached hydrogen (secondary N) is 2. The van der Waals surface area contributed by atoms with Gasteiger partial charge in [-0.25, -0.2) is 4.39 Å². The summed E-state index contributed by atoms with van der Waals surface area (Å²) in [5.41, 5.74) is 2.71. The van der Waals surface area contributed by atoms with Crippen LogP contribution in [0.25, 0.3) is 0 Å². The third-order valence-corrected chi connectivity index (χ3v) is 4.37. The molecule has 0 aliphatic rings. The largest absolute Gasteiger partial charge is 0.381 e. The number of halogens is 1. The molecule has 3 rings (SSSR count). The molecule has 1 heterocycles. The van der Waals surface area contributed by atoms with Crippen LogP contribution in [0.15, 0.2) is 66.0 Å². The Labute approximate surface area is 144 Å². The molecule has 0 radical (unpaired) electrons. The van der Waals surface area contributed by atoms with Gasteiger partial charge in [0.15, 0.2) is 0 Å². The summed E-state index contributed by atoms with van der Waals surface area (Å²) in [6.45, 7) is 0.615. The first-order chi connectivity index (χ1) is 11.7. The van der Waals surface area contributed by atoms with Gasteiger partial charge < -0.3 is 10.6 Å². The summed E-state index contributed by atoms with van der Waals surface area (Å²) in [5, 5.41) is 8.11. The van der Waals surface area contributed by atoms with Gasteiger partial charge in [-0.15, -0.1) is 11.3 Å². The quantitative estimate of drug-likeness (QED) is 0.684.